The fourth-order valence-electron chi connectivity index (χ4n) is 2.34. The molecule has 0 atom stereocenters. The van der Waals surface area contributed by atoms with Gasteiger partial charge in [-0.2, -0.15) is 0 Å². The van der Waals surface area contributed by atoms with E-state index in [-0.39, 0.29) is 5.39 Å². The SMILES string of the molecule is COn1c(=O)c(=O)n(-c2ccccc2)c2ccccc2c1=O. The van der Waals surface area contributed by atoms with E-state index in [0.29, 0.717) is 15.9 Å². The molecule has 1 aromatic heterocycles. The van der Waals surface area contributed by atoms with Crippen LogP contribution in [-0.4, -0.2) is 16.4 Å². The molecule has 0 N–H and O–H groups in total. The molecule has 0 bridgehead atoms. The average molecular weight is 296 g/mol. The molecule has 22 heavy (non-hydrogen) atoms. The fourth-order valence-corrected chi connectivity index (χ4v) is 2.34. The van der Waals surface area contributed by atoms with Crippen molar-refractivity contribution in [3.05, 3.63) is 85.7 Å². The molecular formula is C16H12N2O4. The third-order valence-electron chi connectivity index (χ3n) is 3.33. The van der Waals surface area contributed by atoms with Crippen LogP contribution >= 0.6 is 0 Å². The lowest BCUT2D eigenvalue weighted by molar-refractivity contribution is 0.149. The summed E-state index contributed by atoms with van der Waals surface area (Å²) >= 11 is 0. The summed E-state index contributed by atoms with van der Waals surface area (Å²) in [7, 11) is 1.17. The molecule has 1 heterocycles. The summed E-state index contributed by atoms with van der Waals surface area (Å²) in [6, 6.07) is 15.2. The predicted octanol–water partition coefficient (Wildman–Crippen LogP) is 0.571. The molecule has 0 aliphatic carbocycles. The molecule has 0 fully saturated rings. The van der Waals surface area contributed by atoms with Gasteiger partial charge in [0.05, 0.1) is 10.9 Å². The highest BCUT2D eigenvalue weighted by Gasteiger charge is 2.14. The highest BCUT2D eigenvalue weighted by Crippen LogP contribution is 2.12. The first kappa shape index (κ1) is 13.8. The van der Waals surface area contributed by atoms with Crippen molar-refractivity contribution in [3.8, 4) is 5.69 Å². The second kappa shape index (κ2) is 5.33. The summed E-state index contributed by atoms with van der Waals surface area (Å²) in [6.45, 7) is 0. The van der Waals surface area contributed by atoms with Gasteiger partial charge >= 0.3 is 11.1 Å². The number of nitrogens with zero attached hydrogens (tertiary/aromatic N) is 2. The number of benzene rings is 2. The maximum atomic E-state index is 12.5. The van der Waals surface area contributed by atoms with Crippen LogP contribution in [0.15, 0.2) is 69.0 Å². The molecule has 3 aromatic rings. The van der Waals surface area contributed by atoms with Gasteiger partial charge in [-0.3, -0.25) is 19.0 Å². The zero-order chi connectivity index (χ0) is 15.7. The van der Waals surface area contributed by atoms with Crippen molar-refractivity contribution in [2.45, 2.75) is 0 Å². The van der Waals surface area contributed by atoms with Gasteiger partial charge in [0.2, 0.25) is 0 Å². The second-order valence-electron chi connectivity index (χ2n) is 4.58. The molecule has 6 heteroatoms. The van der Waals surface area contributed by atoms with Crippen molar-refractivity contribution in [2.75, 3.05) is 7.11 Å². The van der Waals surface area contributed by atoms with Crippen LogP contribution in [0, 0.1) is 0 Å². The van der Waals surface area contributed by atoms with Crippen molar-refractivity contribution in [1.29, 1.82) is 0 Å². The van der Waals surface area contributed by atoms with Crippen molar-refractivity contribution >= 4 is 10.9 Å². The van der Waals surface area contributed by atoms with E-state index in [1.165, 1.54) is 11.7 Å². The van der Waals surface area contributed by atoms with Crippen LogP contribution in [0.4, 0.5) is 0 Å². The van der Waals surface area contributed by atoms with Gasteiger partial charge in [0.15, 0.2) is 0 Å². The van der Waals surface area contributed by atoms with Gasteiger partial charge in [0, 0.05) is 5.69 Å². The quantitative estimate of drug-likeness (QED) is 0.648. The van der Waals surface area contributed by atoms with E-state index in [1.807, 2.05) is 0 Å². The van der Waals surface area contributed by atoms with E-state index >= 15 is 0 Å². The number of hydrogen-bond donors (Lipinski definition) is 0. The first-order valence-corrected chi connectivity index (χ1v) is 6.56. The lowest BCUT2D eigenvalue weighted by Gasteiger charge is -2.05. The highest BCUT2D eigenvalue weighted by atomic mass is 16.7. The van der Waals surface area contributed by atoms with E-state index in [0.717, 1.165) is 0 Å². The van der Waals surface area contributed by atoms with Crippen LogP contribution in [0.3, 0.4) is 0 Å². The summed E-state index contributed by atoms with van der Waals surface area (Å²) in [5, 5.41) is 0.215. The van der Waals surface area contributed by atoms with Crippen LogP contribution in [0.2, 0.25) is 0 Å². The third-order valence-corrected chi connectivity index (χ3v) is 3.33. The summed E-state index contributed by atoms with van der Waals surface area (Å²) in [6.07, 6.45) is 0. The lowest BCUT2D eigenvalue weighted by Crippen LogP contribution is -2.43. The fraction of sp³-hybridized carbons (Fsp3) is 0.0625. The Bertz CT molecular complexity index is 1020. The Balaban J connectivity index is 2.68. The molecule has 110 valence electrons. The van der Waals surface area contributed by atoms with Gasteiger partial charge in [-0.05, 0) is 24.3 Å². The lowest BCUT2D eigenvalue weighted by atomic mass is 10.2. The number of hydrogen-bond acceptors (Lipinski definition) is 4. The normalized spacial score (nSPS) is 10.6. The molecule has 0 radical (unpaired) electrons. The summed E-state index contributed by atoms with van der Waals surface area (Å²) in [5.41, 5.74) is -1.72. The largest absolute Gasteiger partial charge is 0.410 e. The Morgan fingerprint density at radius 2 is 1.41 bits per heavy atom. The number of para-hydroxylation sites is 2. The van der Waals surface area contributed by atoms with Crippen LogP contribution in [0.5, 0.6) is 0 Å². The zero-order valence-electron chi connectivity index (χ0n) is 11.7. The third kappa shape index (κ3) is 2.01. The van der Waals surface area contributed by atoms with Crippen molar-refractivity contribution in [2.24, 2.45) is 0 Å². The molecule has 0 aliphatic heterocycles. The van der Waals surface area contributed by atoms with E-state index in [9.17, 15) is 14.4 Å². The monoisotopic (exact) mass is 296 g/mol. The summed E-state index contributed by atoms with van der Waals surface area (Å²) in [5.74, 6) is 0. The highest BCUT2D eigenvalue weighted by molar-refractivity contribution is 5.79. The van der Waals surface area contributed by atoms with Gasteiger partial charge in [-0.25, -0.2) is 0 Å². The molecule has 3 rings (SSSR count). The summed E-state index contributed by atoms with van der Waals surface area (Å²) in [4.78, 5) is 41.9. The molecule has 0 amide bonds. The van der Waals surface area contributed by atoms with Gasteiger partial charge in [0.1, 0.15) is 7.11 Å². The van der Waals surface area contributed by atoms with E-state index in [2.05, 4.69) is 0 Å². The Hall–Kier alpha value is -3.15. The standard InChI is InChI=1S/C16H12N2O4/c1-22-18-14(19)12-9-5-6-10-13(12)17(15(20)16(18)21)11-7-3-2-4-8-11/h2-10H,1H3. The maximum Gasteiger partial charge on any atom is 0.352 e. The van der Waals surface area contributed by atoms with Gasteiger partial charge in [-0.1, -0.05) is 35.1 Å². The van der Waals surface area contributed by atoms with Crippen LogP contribution in [-0.2, 0) is 0 Å². The first-order valence-electron chi connectivity index (χ1n) is 6.56. The van der Waals surface area contributed by atoms with Gasteiger partial charge < -0.3 is 4.84 Å². The molecule has 0 saturated heterocycles. The first-order chi connectivity index (χ1) is 10.6. The van der Waals surface area contributed by atoms with Crippen molar-refractivity contribution in [3.63, 3.8) is 0 Å². The Kier molecular flexibility index (Phi) is 3.34. The smallest absolute Gasteiger partial charge is 0.352 e. The average Bonchev–Trinajstić information content (AvgIpc) is 2.63. The van der Waals surface area contributed by atoms with Crippen LogP contribution < -0.4 is 21.5 Å². The maximum absolute atomic E-state index is 12.5. The minimum Gasteiger partial charge on any atom is -0.410 e. The minimum atomic E-state index is -1.03. The van der Waals surface area contributed by atoms with E-state index < -0.39 is 16.7 Å². The van der Waals surface area contributed by atoms with Crippen molar-refractivity contribution in [1.82, 2.24) is 9.30 Å². The number of aromatic nitrogens is 2. The van der Waals surface area contributed by atoms with Gasteiger partial charge in [0.25, 0.3) is 5.56 Å². The number of fused-ring (bicyclic) bond motifs is 1. The Morgan fingerprint density at radius 3 is 2.09 bits per heavy atom. The molecule has 0 spiro atoms. The zero-order valence-corrected chi connectivity index (χ0v) is 11.7. The topological polar surface area (TPSA) is 70.3 Å². The Labute approximate surface area is 124 Å². The molecule has 0 saturated carbocycles. The van der Waals surface area contributed by atoms with E-state index in [1.54, 1.807) is 54.6 Å². The molecule has 6 nitrogen and oxygen atoms in total. The van der Waals surface area contributed by atoms with Crippen LogP contribution in [0.1, 0.15) is 0 Å². The van der Waals surface area contributed by atoms with Crippen LogP contribution in [0.25, 0.3) is 16.6 Å². The summed E-state index contributed by atoms with van der Waals surface area (Å²) < 4.78 is 1.69. The van der Waals surface area contributed by atoms with Gasteiger partial charge in [-0.15, -0.1) is 0 Å². The van der Waals surface area contributed by atoms with E-state index in [4.69, 9.17) is 4.84 Å². The second-order valence-corrected chi connectivity index (χ2v) is 4.58. The molecule has 0 aliphatic rings. The Morgan fingerprint density at radius 1 is 0.773 bits per heavy atom. The molecule has 0 unspecified atom stereocenters. The molecule has 2 aromatic carbocycles. The predicted molar refractivity (Wildman–Crippen MR) is 82.6 cm³/mol. The number of rotatable bonds is 2. The minimum absolute atomic E-state index is 0.215. The molecular weight excluding hydrogens is 284 g/mol. The van der Waals surface area contributed by atoms with Crippen molar-refractivity contribution < 1.29 is 4.84 Å².